The molecule has 0 aromatic heterocycles. The highest BCUT2D eigenvalue weighted by atomic mass is 16.5. The summed E-state index contributed by atoms with van der Waals surface area (Å²) in [5.74, 6) is -0.151. The molecule has 96 valence electrons. The number of aryl methyl sites for hydroxylation is 2. The number of benzene rings is 1. The van der Waals surface area contributed by atoms with Crippen LogP contribution in [-0.4, -0.2) is 18.6 Å². The van der Waals surface area contributed by atoms with Crippen LogP contribution >= 0.6 is 0 Å². The average Bonchev–Trinajstić information content (AvgIpc) is 3.10. The van der Waals surface area contributed by atoms with Crippen molar-refractivity contribution in [3.05, 3.63) is 34.9 Å². The molecule has 1 saturated carbocycles. The van der Waals surface area contributed by atoms with Crippen LogP contribution in [0.2, 0.25) is 0 Å². The van der Waals surface area contributed by atoms with Crippen LogP contribution in [0.25, 0.3) is 0 Å². The fourth-order valence-electron chi connectivity index (χ4n) is 2.44. The third-order valence-corrected chi connectivity index (χ3v) is 3.68. The van der Waals surface area contributed by atoms with E-state index in [2.05, 4.69) is 23.5 Å². The summed E-state index contributed by atoms with van der Waals surface area (Å²) in [6.45, 7) is 0.744. The zero-order chi connectivity index (χ0) is 12.4. The summed E-state index contributed by atoms with van der Waals surface area (Å²) in [7, 11) is 0. The lowest BCUT2D eigenvalue weighted by atomic mass is 10.1. The van der Waals surface area contributed by atoms with E-state index < -0.39 is 0 Å². The minimum atomic E-state index is -0.151. The Morgan fingerprint density at radius 3 is 2.94 bits per heavy atom. The number of carbonyl (C=O) groups is 1. The smallest absolute Gasteiger partial charge is 0.320 e. The van der Waals surface area contributed by atoms with Crippen molar-refractivity contribution in [2.24, 2.45) is 0 Å². The van der Waals surface area contributed by atoms with Gasteiger partial charge in [-0.1, -0.05) is 18.2 Å². The summed E-state index contributed by atoms with van der Waals surface area (Å²) in [4.78, 5) is 11.5. The topological polar surface area (TPSA) is 38.3 Å². The first-order chi connectivity index (χ1) is 8.81. The molecule has 0 unspecified atom stereocenters. The molecule has 0 spiro atoms. The van der Waals surface area contributed by atoms with Crippen molar-refractivity contribution >= 4 is 5.97 Å². The Bertz CT molecular complexity index is 452. The molecule has 1 aromatic carbocycles. The Balaban J connectivity index is 1.48. The van der Waals surface area contributed by atoms with Crippen molar-refractivity contribution in [3.63, 3.8) is 0 Å². The maximum atomic E-state index is 11.5. The maximum absolute atomic E-state index is 11.5. The van der Waals surface area contributed by atoms with Crippen LogP contribution in [0.3, 0.4) is 0 Å². The molecule has 1 N–H and O–H groups in total. The average molecular weight is 245 g/mol. The first-order valence-electron chi connectivity index (χ1n) is 6.81. The van der Waals surface area contributed by atoms with E-state index >= 15 is 0 Å². The molecule has 0 atom stereocenters. The lowest BCUT2D eigenvalue weighted by Gasteiger charge is -2.07. The number of esters is 1. The Kier molecular flexibility index (Phi) is 3.33. The Hall–Kier alpha value is -1.35. The highest BCUT2D eigenvalue weighted by Gasteiger charge is 2.21. The molecule has 0 bridgehead atoms. The molecule has 1 aromatic rings. The standard InChI is InChI=1S/C15H19NO2/c17-15(9-16-14-6-7-14)18-10-11-4-5-12-2-1-3-13(12)8-11/h4-5,8,14,16H,1-3,6-7,9-10H2. The van der Waals surface area contributed by atoms with Crippen LogP contribution in [0, 0.1) is 0 Å². The van der Waals surface area contributed by atoms with Crippen molar-refractivity contribution in [2.45, 2.75) is 44.8 Å². The quantitative estimate of drug-likeness (QED) is 0.806. The van der Waals surface area contributed by atoms with Crippen molar-refractivity contribution < 1.29 is 9.53 Å². The SMILES string of the molecule is O=C(CNC1CC1)OCc1ccc2c(c1)CCC2. The van der Waals surface area contributed by atoms with Crippen molar-refractivity contribution in [2.75, 3.05) is 6.54 Å². The molecule has 2 aliphatic rings. The molecule has 0 saturated heterocycles. The van der Waals surface area contributed by atoms with E-state index in [0.29, 0.717) is 19.2 Å². The van der Waals surface area contributed by atoms with Gasteiger partial charge >= 0.3 is 5.97 Å². The van der Waals surface area contributed by atoms with Gasteiger partial charge in [0, 0.05) is 6.04 Å². The predicted octanol–water partition coefficient (Wildman–Crippen LogP) is 1.97. The third-order valence-electron chi connectivity index (χ3n) is 3.68. The number of carbonyl (C=O) groups excluding carboxylic acids is 1. The highest BCUT2D eigenvalue weighted by molar-refractivity contribution is 5.71. The highest BCUT2D eigenvalue weighted by Crippen LogP contribution is 2.23. The zero-order valence-corrected chi connectivity index (χ0v) is 10.6. The van der Waals surface area contributed by atoms with E-state index in [-0.39, 0.29) is 5.97 Å². The van der Waals surface area contributed by atoms with Crippen LogP contribution < -0.4 is 5.32 Å². The fraction of sp³-hybridized carbons (Fsp3) is 0.533. The van der Waals surface area contributed by atoms with Crippen molar-refractivity contribution in [1.82, 2.24) is 5.32 Å². The molecule has 0 amide bonds. The van der Waals surface area contributed by atoms with Gasteiger partial charge in [-0.2, -0.15) is 0 Å². The molecule has 0 aliphatic heterocycles. The first kappa shape index (κ1) is 11.7. The number of hydrogen-bond donors (Lipinski definition) is 1. The number of rotatable bonds is 5. The second-order valence-corrected chi connectivity index (χ2v) is 5.27. The molecular weight excluding hydrogens is 226 g/mol. The Morgan fingerprint density at radius 2 is 2.11 bits per heavy atom. The predicted molar refractivity (Wildman–Crippen MR) is 69.3 cm³/mol. The summed E-state index contributed by atoms with van der Waals surface area (Å²) in [6, 6.07) is 6.99. The third kappa shape index (κ3) is 2.91. The number of hydrogen-bond acceptors (Lipinski definition) is 3. The lowest BCUT2D eigenvalue weighted by Crippen LogP contribution is -2.26. The van der Waals surface area contributed by atoms with E-state index in [1.165, 1.54) is 43.2 Å². The molecule has 0 radical (unpaired) electrons. The zero-order valence-electron chi connectivity index (χ0n) is 10.6. The summed E-state index contributed by atoms with van der Waals surface area (Å²) in [6.07, 6.45) is 6.00. The summed E-state index contributed by atoms with van der Waals surface area (Å²) >= 11 is 0. The largest absolute Gasteiger partial charge is 0.460 e. The lowest BCUT2D eigenvalue weighted by molar-refractivity contribution is -0.143. The van der Waals surface area contributed by atoms with Gasteiger partial charge in [0.15, 0.2) is 0 Å². The van der Waals surface area contributed by atoms with E-state index in [1.54, 1.807) is 0 Å². The summed E-state index contributed by atoms with van der Waals surface area (Å²) < 4.78 is 5.26. The normalized spacial score (nSPS) is 17.6. The van der Waals surface area contributed by atoms with Crippen LogP contribution in [0.15, 0.2) is 18.2 Å². The van der Waals surface area contributed by atoms with Gasteiger partial charge in [0.25, 0.3) is 0 Å². The molecule has 1 fully saturated rings. The number of ether oxygens (including phenoxy) is 1. The van der Waals surface area contributed by atoms with Crippen LogP contribution in [0.4, 0.5) is 0 Å². The van der Waals surface area contributed by atoms with Crippen molar-refractivity contribution in [3.8, 4) is 0 Å². The van der Waals surface area contributed by atoms with Gasteiger partial charge in [-0.15, -0.1) is 0 Å². The maximum Gasteiger partial charge on any atom is 0.320 e. The van der Waals surface area contributed by atoms with E-state index in [4.69, 9.17) is 4.74 Å². The van der Waals surface area contributed by atoms with Crippen LogP contribution in [0.1, 0.15) is 36.0 Å². The Morgan fingerprint density at radius 1 is 1.28 bits per heavy atom. The van der Waals surface area contributed by atoms with E-state index in [1.807, 2.05) is 0 Å². The molecule has 3 rings (SSSR count). The fourth-order valence-corrected chi connectivity index (χ4v) is 2.44. The van der Waals surface area contributed by atoms with Gasteiger partial charge in [0.1, 0.15) is 6.61 Å². The Labute approximate surface area is 108 Å². The molecular formula is C15H19NO2. The summed E-state index contributed by atoms with van der Waals surface area (Å²) in [5.41, 5.74) is 4.00. The van der Waals surface area contributed by atoms with Crippen LogP contribution in [0.5, 0.6) is 0 Å². The second kappa shape index (κ2) is 5.11. The second-order valence-electron chi connectivity index (χ2n) is 5.27. The van der Waals surface area contributed by atoms with Crippen molar-refractivity contribution in [1.29, 1.82) is 0 Å². The van der Waals surface area contributed by atoms with E-state index in [9.17, 15) is 4.79 Å². The minimum Gasteiger partial charge on any atom is -0.460 e. The number of nitrogens with one attached hydrogen (secondary N) is 1. The molecule has 18 heavy (non-hydrogen) atoms. The summed E-state index contributed by atoms with van der Waals surface area (Å²) in [5, 5.41) is 3.16. The molecule has 0 heterocycles. The monoisotopic (exact) mass is 245 g/mol. The van der Waals surface area contributed by atoms with Gasteiger partial charge in [0.05, 0.1) is 6.54 Å². The minimum absolute atomic E-state index is 0.151. The van der Waals surface area contributed by atoms with Crippen LogP contribution in [-0.2, 0) is 29.0 Å². The molecule has 3 heteroatoms. The van der Waals surface area contributed by atoms with Gasteiger partial charge in [0.2, 0.25) is 0 Å². The molecule has 3 nitrogen and oxygen atoms in total. The van der Waals surface area contributed by atoms with Gasteiger partial charge in [-0.25, -0.2) is 0 Å². The van der Waals surface area contributed by atoms with Gasteiger partial charge < -0.3 is 10.1 Å². The number of fused-ring (bicyclic) bond motifs is 1. The van der Waals surface area contributed by atoms with Gasteiger partial charge in [-0.3, -0.25) is 4.79 Å². The first-order valence-corrected chi connectivity index (χ1v) is 6.81. The van der Waals surface area contributed by atoms with Gasteiger partial charge in [-0.05, 0) is 48.8 Å². The van der Waals surface area contributed by atoms with E-state index in [0.717, 1.165) is 5.56 Å². The molecule has 2 aliphatic carbocycles.